The van der Waals surface area contributed by atoms with Crippen LogP contribution < -0.4 is 0 Å². The largest absolute Gasteiger partial charge is 0.466 e. The zero-order valence-corrected chi connectivity index (χ0v) is 9.41. The second-order valence-electron chi connectivity index (χ2n) is 2.90. The van der Waals surface area contributed by atoms with Crippen LogP contribution in [0, 0.1) is 5.92 Å². The van der Waals surface area contributed by atoms with Crippen LogP contribution in [0.3, 0.4) is 0 Å². The van der Waals surface area contributed by atoms with Crippen LogP contribution in [0.1, 0.15) is 13.3 Å². The molecular weight excluding hydrogens is 248 g/mol. The highest BCUT2D eigenvalue weighted by Gasteiger charge is 2.20. The molecule has 0 bridgehead atoms. The average Bonchev–Trinajstić information content (AvgIpc) is 2.12. The first kappa shape index (κ1) is 11.2. The molecule has 0 aliphatic heterocycles. The van der Waals surface area contributed by atoms with E-state index in [9.17, 15) is 9.59 Å². The summed E-state index contributed by atoms with van der Waals surface area (Å²) in [5, 5.41) is 0. The number of hydrogen-bond donors (Lipinski definition) is 0. The fraction of sp³-hybridized carbons (Fsp3) is 0.400. The summed E-state index contributed by atoms with van der Waals surface area (Å²) in [6, 6.07) is 0. The van der Waals surface area contributed by atoms with Crippen molar-refractivity contribution in [3.63, 3.8) is 0 Å². The molecule has 0 N–H and O–H groups in total. The van der Waals surface area contributed by atoms with Crippen LogP contribution in [0.2, 0.25) is 0 Å². The molecule has 0 aromatic heterocycles. The van der Waals surface area contributed by atoms with E-state index in [1.165, 1.54) is 6.08 Å². The van der Waals surface area contributed by atoms with Gasteiger partial charge in [0.05, 0.1) is 18.9 Å². The van der Waals surface area contributed by atoms with Gasteiger partial charge in [-0.25, -0.2) is 0 Å². The highest BCUT2D eigenvalue weighted by Crippen LogP contribution is 2.20. The smallest absolute Gasteiger partial charge is 0.306 e. The monoisotopic (exact) mass is 258 g/mol. The molecule has 1 unspecified atom stereocenters. The minimum Gasteiger partial charge on any atom is -0.466 e. The molecule has 1 rings (SSSR count). The lowest BCUT2D eigenvalue weighted by atomic mass is 9.96. The summed E-state index contributed by atoms with van der Waals surface area (Å²) < 4.78 is 5.59. The summed E-state index contributed by atoms with van der Waals surface area (Å²) in [6.45, 7) is 2.09. The highest BCUT2D eigenvalue weighted by molar-refractivity contribution is 9.11. The Kier molecular flexibility index (Phi) is 4.07. The van der Waals surface area contributed by atoms with Crippen LogP contribution in [-0.2, 0) is 14.3 Å². The van der Waals surface area contributed by atoms with Crippen molar-refractivity contribution in [1.82, 2.24) is 0 Å². The molecule has 0 amide bonds. The average molecular weight is 259 g/mol. The van der Waals surface area contributed by atoms with Gasteiger partial charge in [0.25, 0.3) is 0 Å². The Labute approximate surface area is 90.9 Å². The van der Waals surface area contributed by atoms with Crippen molar-refractivity contribution >= 4 is 27.7 Å². The quantitative estimate of drug-likeness (QED) is 0.728. The molecule has 0 saturated carbocycles. The zero-order valence-electron chi connectivity index (χ0n) is 7.83. The van der Waals surface area contributed by atoms with Gasteiger partial charge >= 0.3 is 5.97 Å². The van der Waals surface area contributed by atoms with Crippen molar-refractivity contribution < 1.29 is 14.3 Å². The molecule has 1 aliphatic carbocycles. The SMILES string of the molecule is CCOC(=O)CC1C=C(Br)C=CC1=O. The summed E-state index contributed by atoms with van der Waals surface area (Å²) in [5.41, 5.74) is 0. The Hall–Kier alpha value is -0.900. The first-order valence-corrected chi connectivity index (χ1v) is 5.17. The van der Waals surface area contributed by atoms with E-state index in [1.807, 2.05) is 0 Å². The molecule has 0 spiro atoms. The summed E-state index contributed by atoms with van der Waals surface area (Å²) in [7, 11) is 0. The molecule has 14 heavy (non-hydrogen) atoms. The van der Waals surface area contributed by atoms with Gasteiger partial charge < -0.3 is 4.74 Å². The van der Waals surface area contributed by atoms with E-state index in [0.29, 0.717) is 6.61 Å². The lowest BCUT2D eigenvalue weighted by molar-refractivity contribution is -0.145. The predicted molar refractivity (Wildman–Crippen MR) is 55.9 cm³/mol. The molecule has 0 heterocycles. The Morgan fingerprint density at radius 2 is 2.29 bits per heavy atom. The van der Waals surface area contributed by atoms with Crippen LogP contribution in [0.25, 0.3) is 0 Å². The van der Waals surface area contributed by atoms with E-state index in [-0.39, 0.29) is 24.1 Å². The van der Waals surface area contributed by atoms with Gasteiger partial charge in [0.2, 0.25) is 0 Å². The molecule has 0 radical (unpaired) electrons. The van der Waals surface area contributed by atoms with Crippen molar-refractivity contribution in [2.75, 3.05) is 6.61 Å². The van der Waals surface area contributed by atoms with Crippen LogP contribution in [0.15, 0.2) is 22.7 Å². The Morgan fingerprint density at radius 3 is 2.93 bits per heavy atom. The third-order valence-electron chi connectivity index (χ3n) is 1.82. The van der Waals surface area contributed by atoms with Crippen LogP contribution in [0.5, 0.6) is 0 Å². The zero-order chi connectivity index (χ0) is 10.6. The Morgan fingerprint density at radius 1 is 1.57 bits per heavy atom. The maximum Gasteiger partial charge on any atom is 0.306 e. The molecule has 1 aliphatic rings. The Bertz CT molecular complexity index is 304. The molecule has 4 heteroatoms. The summed E-state index contributed by atoms with van der Waals surface area (Å²) in [5.74, 6) is -0.771. The van der Waals surface area contributed by atoms with Gasteiger partial charge in [-0.1, -0.05) is 22.0 Å². The molecule has 0 aromatic carbocycles. The van der Waals surface area contributed by atoms with Crippen LogP contribution in [0.4, 0.5) is 0 Å². The van der Waals surface area contributed by atoms with E-state index in [0.717, 1.165) is 4.48 Å². The highest BCUT2D eigenvalue weighted by atomic mass is 79.9. The summed E-state index contributed by atoms with van der Waals surface area (Å²) >= 11 is 3.26. The second kappa shape index (κ2) is 5.10. The second-order valence-corrected chi connectivity index (χ2v) is 3.82. The third-order valence-corrected chi connectivity index (χ3v) is 2.35. The number of carbonyl (C=O) groups excluding carboxylic acids is 2. The third kappa shape index (κ3) is 3.10. The normalized spacial score (nSPS) is 20.6. The lowest BCUT2D eigenvalue weighted by Crippen LogP contribution is -2.18. The molecule has 0 fully saturated rings. The van der Waals surface area contributed by atoms with E-state index < -0.39 is 0 Å². The minimum atomic E-state index is -0.381. The molecule has 0 aromatic rings. The Balaban J connectivity index is 2.56. The number of carbonyl (C=O) groups is 2. The molecule has 3 nitrogen and oxygen atoms in total. The fourth-order valence-electron chi connectivity index (χ4n) is 1.17. The van der Waals surface area contributed by atoms with Crippen molar-refractivity contribution in [3.8, 4) is 0 Å². The van der Waals surface area contributed by atoms with Gasteiger partial charge in [-0.15, -0.1) is 0 Å². The molecular formula is C10H11BrO3. The van der Waals surface area contributed by atoms with Crippen LogP contribution in [-0.4, -0.2) is 18.4 Å². The number of esters is 1. The maximum absolute atomic E-state index is 11.3. The molecule has 0 saturated heterocycles. The number of halogens is 1. The number of hydrogen-bond acceptors (Lipinski definition) is 3. The first-order chi connectivity index (χ1) is 6.63. The fourth-order valence-corrected chi connectivity index (χ4v) is 1.63. The minimum absolute atomic E-state index is 0.0544. The molecule has 1 atom stereocenters. The van der Waals surface area contributed by atoms with E-state index >= 15 is 0 Å². The first-order valence-electron chi connectivity index (χ1n) is 4.38. The van der Waals surface area contributed by atoms with Gasteiger partial charge in [0.15, 0.2) is 5.78 Å². The topological polar surface area (TPSA) is 43.4 Å². The lowest BCUT2D eigenvalue weighted by Gasteiger charge is -2.12. The molecule has 76 valence electrons. The van der Waals surface area contributed by atoms with Gasteiger partial charge in [-0.3, -0.25) is 9.59 Å². The summed E-state index contributed by atoms with van der Waals surface area (Å²) in [4.78, 5) is 22.4. The van der Waals surface area contributed by atoms with Gasteiger partial charge in [-0.2, -0.15) is 0 Å². The predicted octanol–water partition coefficient (Wildman–Crippen LogP) is 1.97. The van der Waals surface area contributed by atoms with Crippen molar-refractivity contribution in [1.29, 1.82) is 0 Å². The van der Waals surface area contributed by atoms with Gasteiger partial charge in [-0.05, 0) is 19.1 Å². The van der Waals surface area contributed by atoms with E-state index in [4.69, 9.17) is 4.74 Å². The van der Waals surface area contributed by atoms with Crippen molar-refractivity contribution in [2.24, 2.45) is 5.92 Å². The van der Waals surface area contributed by atoms with Crippen molar-refractivity contribution in [2.45, 2.75) is 13.3 Å². The number of ketones is 1. The number of rotatable bonds is 3. The van der Waals surface area contributed by atoms with Gasteiger partial charge in [0, 0.05) is 4.48 Å². The van der Waals surface area contributed by atoms with Crippen molar-refractivity contribution in [3.05, 3.63) is 22.7 Å². The standard InChI is InChI=1S/C10H11BrO3/c1-2-14-10(13)6-7-5-8(11)3-4-9(7)12/h3-5,7H,2,6H2,1H3. The van der Waals surface area contributed by atoms with E-state index in [2.05, 4.69) is 15.9 Å². The summed E-state index contributed by atoms with van der Waals surface area (Å²) in [6.07, 6.45) is 4.98. The number of ether oxygens (including phenoxy) is 1. The number of allylic oxidation sites excluding steroid dienone is 4. The van der Waals surface area contributed by atoms with E-state index in [1.54, 1.807) is 19.1 Å². The maximum atomic E-state index is 11.3. The van der Waals surface area contributed by atoms with Crippen LogP contribution >= 0.6 is 15.9 Å². The van der Waals surface area contributed by atoms with Gasteiger partial charge in [0.1, 0.15) is 0 Å².